The van der Waals surface area contributed by atoms with Gasteiger partial charge in [-0.25, -0.2) is 4.39 Å². The summed E-state index contributed by atoms with van der Waals surface area (Å²) in [5.74, 6) is -2.04. The molecule has 0 radical (unpaired) electrons. The number of aryl methyl sites for hydroxylation is 1. The highest BCUT2D eigenvalue weighted by Gasteiger charge is 2.34. The van der Waals surface area contributed by atoms with Gasteiger partial charge in [0.25, 0.3) is 0 Å². The highest BCUT2D eigenvalue weighted by molar-refractivity contribution is 6.09. The van der Waals surface area contributed by atoms with Crippen LogP contribution in [0.25, 0.3) is 0 Å². The molecule has 1 aromatic heterocycles. The number of nitrogens with zero attached hydrogens (tertiary/aromatic N) is 1. The number of ketones is 1. The minimum atomic E-state index is -4.84. The van der Waals surface area contributed by atoms with E-state index in [2.05, 4.69) is 4.98 Å². The minimum absolute atomic E-state index is 0.157. The van der Waals surface area contributed by atoms with Gasteiger partial charge in [-0.2, -0.15) is 13.2 Å². The molecule has 0 atom stereocenters. The van der Waals surface area contributed by atoms with Crippen molar-refractivity contribution in [1.82, 2.24) is 4.98 Å². The van der Waals surface area contributed by atoms with E-state index in [-0.39, 0.29) is 11.1 Å². The van der Waals surface area contributed by atoms with Crippen molar-refractivity contribution in [1.29, 1.82) is 0 Å². The molecule has 1 aromatic carbocycles. The zero-order chi connectivity index (χ0) is 14.9. The van der Waals surface area contributed by atoms with Gasteiger partial charge in [0.1, 0.15) is 5.82 Å². The average molecular weight is 283 g/mol. The molecule has 2 aromatic rings. The number of carbonyl (C=O) groups is 1. The second kappa shape index (κ2) is 5.03. The molecular weight excluding hydrogens is 274 g/mol. The van der Waals surface area contributed by atoms with Gasteiger partial charge in [-0.05, 0) is 36.8 Å². The minimum Gasteiger partial charge on any atom is -0.289 e. The molecule has 0 bridgehead atoms. The van der Waals surface area contributed by atoms with Gasteiger partial charge < -0.3 is 0 Å². The zero-order valence-electron chi connectivity index (χ0n) is 10.3. The van der Waals surface area contributed by atoms with E-state index in [1.165, 1.54) is 18.5 Å². The molecule has 0 N–H and O–H groups in total. The van der Waals surface area contributed by atoms with Crippen LogP contribution in [0.2, 0.25) is 0 Å². The summed E-state index contributed by atoms with van der Waals surface area (Å²) in [7, 11) is 0. The van der Waals surface area contributed by atoms with Crippen LogP contribution in [0, 0.1) is 12.7 Å². The Kier molecular flexibility index (Phi) is 3.57. The first-order valence-corrected chi connectivity index (χ1v) is 5.62. The van der Waals surface area contributed by atoms with Crippen LogP contribution in [-0.2, 0) is 6.18 Å². The predicted molar refractivity (Wildman–Crippen MR) is 63.8 cm³/mol. The first kappa shape index (κ1) is 14.2. The molecule has 104 valence electrons. The molecule has 0 aliphatic carbocycles. The molecule has 0 saturated heterocycles. The molecule has 0 fully saturated rings. The van der Waals surface area contributed by atoms with Crippen molar-refractivity contribution >= 4 is 5.78 Å². The number of hydrogen-bond donors (Lipinski definition) is 0. The van der Waals surface area contributed by atoms with E-state index in [0.29, 0.717) is 17.7 Å². The van der Waals surface area contributed by atoms with Crippen molar-refractivity contribution in [3.05, 3.63) is 64.7 Å². The fourth-order valence-electron chi connectivity index (χ4n) is 1.73. The smallest absolute Gasteiger partial charge is 0.289 e. The van der Waals surface area contributed by atoms with Gasteiger partial charge >= 0.3 is 6.18 Å². The fraction of sp³-hybridized carbons (Fsp3) is 0.143. The lowest BCUT2D eigenvalue weighted by atomic mass is 10.0. The van der Waals surface area contributed by atoms with Crippen molar-refractivity contribution in [2.45, 2.75) is 13.1 Å². The van der Waals surface area contributed by atoms with Gasteiger partial charge in [0.15, 0.2) is 5.78 Å². The molecule has 6 heteroatoms. The molecule has 0 spiro atoms. The van der Waals surface area contributed by atoms with Crippen LogP contribution < -0.4 is 0 Å². The van der Waals surface area contributed by atoms with Crippen LogP contribution in [0.1, 0.15) is 27.0 Å². The van der Waals surface area contributed by atoms with Crippen molar-refractivity contribution < 1.29 is 22.4 Å². The standard InChI is InChI=1S/C14H9F4NO/c1-8-4-10(7-19-6-8)13(20)9-2-3-12(15)11(5-9)14(16,17)18/h2-7H,1H3. The maximum absolute atomic E-state index is 13.2. The lowest BCUT2D eigenvalue weighted by Crippen LogP contribution is -2.11. The Morgan fingerprint density at radius 1 is 1.10 bits per heavy atom. The molecule has 2 rings (SSSR count). The average Bonchev–Trinajstić information content (AvgIpc) is 2.37. The molecule has 0 aliphatic heterocycles. The summed E-state index contributed by atoms with van der Waals surface area (Å²) in [5.41, 5.74) is -0.825. The van der Waals surface area contributed by atoms with Crippen molar-refractivity contribution in [3.8, 4) is 0 Å². The highest BCUT2D eigenvalue weighted by Crippen LogP contribution is 2.32. The number of hydrogen-bond acceptors (Lipinski definition) is 2. The van der Waals surface area contributed by atoms with Gasteiger partial charge in [0.05, 0.1) is 5.56 Å². The van der Waals surface area contributed by atoms with Crippen LogP contribution in [0.5, 0.6) is 0 Å². The lowest BCUT2D eigenvalue weighted by Gasteiger charge is -2.09. The van der Waals surface area contributed by atoms with Gasteiger partial charge in [-0.15, -0.1) is 0 Å². The van der Waals surface area contributed by atoms with Crippen LogP contribution in [0.15, 0.2) is 36.7 Å². The first-order valence-electron chi connectivity index (χ1n) is 5.62. The summed E-state index contributed by atoms with van der Waals surface area (Å²) in [6.45, 7) is 1.70. The number of pyridine rings is 1. The molecule has 20 heavy (non-hydrogen) atoms. The number of aromatic nitrogens is 1. The molecule has 1 heterocycles. The Morgan fingerprint density at radius 3 is 2.40 bits per heavy atom. The third-order valence-electron chi connectivity index (χ3n) is 2.67. The van der Waals surface area contributed by atoms with Crippen LogP contribution in [0.4, 0.5) is 17.6 Å². The van der Waals surface area contributed by atoms with Crippen molar-refractivity contribution in [3.63, 3.8) is 0 Å². The number of alkyl halides is 3. The number of rotatable bonds is 2. The number of carbonyl (C=O) groups excluding carboxylic acids is 1. The van der Waals surface area contributed by atoms with Crippen molar-refractivity contribution in [2.75, 3.05) is 0 Å². The predicted octanol–water partition coefficient (Wildman–Crippen LogP) is 3.78. The van der Waals surface area contributed by atoms with Gasteiger partial charge in [0, 0.05) is 23.5 Å². The van der Waals surface area contributed by atoms with E-state index < -0.39 is 23.3 Å². The summed E-state index contributed by atoms with van der Waals surface area (Å²) in [4.78, 5) is 15.9. The normalized spacial score (nSPS) is 11.4. The van der Waals surface area contributed by atoms with Gasteiger partial charge in [-0.1, -0.05) is 0 Å². The fourth-order valence-corrected chi connectivity index (χ4v) is 1.73. The number of halogens is 4. The topological polar surface area (TPSA) is 30.0 Å². The Bertz CT molecular complexity index is 664. The summed E-state index contributed by atoms with van der Waals surface area (Å²) in [6.07, 6.45) is -2.07. The molecule has 0 saturated carbocycles. The van der Waals surface area contributed by atoms with E-state index in [0.717, 1.165) is 6.07 Å². The van der Waals surface area contributed by atoms with Crippen LogP contribution >= 0.6 is 0 Å². The highest BCUT2D eigenvalue weighted by atomic mass is 19.4. The summed E-state index contributed by atoms with van der Waals surface area (Å²) in [5, 5.41) is 0. The van der Waals surface area contributed by atoms with Crippen LogP contribution in [0.3, 0.4) is 0 Å². The van der Waals surface area contributed by atoms with Crippen LogP contribution in [-0.4, -0.2) is 10.8 Å². The van der Waals surface area contributed by atoms with E-state index >= 15 is 0 Å². The van der Waals surface area contributed by atoms with Crippen molar-refractivity contribution in [2.24, 2.45) is 0 Å². The third kappa shape index (κ3) is 2.84. The maximum Gasteiger partial charge on any atom is 0.419 e. The second-order valence-corrected chi connectivity index (χ2v) is 4.27. The summed E-state index contributed by atoms with van der Waals surface area (Å²) in [6, 6.07) is 3.68. The van der Waals surface area contributed by atoms with E-state index in [9.17, 15) is 22.4 Å². The molecular formula is C14H9F4NO. The SMILES string of the molecule is Cc1cncc(C(=O)c2ccc(F)c(C(F)(F)F)c2)c1. The number of benzene rings is 1. The lowest BCUT2D eigenvalue weighted by molar-refractivity contribution is -0.140. The molecule has 2 nitrogen and oxygen atoms in total. The van der Waals surface area contributed by atoms with Gasteiger partial charge in [-0.3, -0.25) is 9.78 Å². The molecule has 0 aliphatic rings. The monoisotopic (exact) mass is 283 g/mol. The largest absolute Gasteiger partial charge is 0.419 e. The first-order chi connectivity index (χ1) is 9.29. The van der Waals surface area contributed by atoms with Gasteiger partial charge in [0.2, 0.25) is 0 Å². The maximum atomic E-state index is 13.2. The van der Waals surface area contributed by atoms with E-state index in [1.807, 2.05) is 0 Å². The second-order valence-electron chi connectivity index (χ2n) is 4.27. The molecule has 0 amide bonds. The Morgan fingerprint density at radius 2 is 1.80 bits per heavy atom. The zero-order valence-corrected chi connectivity index (χ0v) is 10.3. The van der Waals surface area contributed by atoms with E-state index in [4.69, 9.17) is 0 Å². The quantitative estimate of drug-likeness (QED) is 0.620. The Hall–Kier alpha value is -2.24. The summed E-state index contributed by atoms with van der Waals surface area (Å²) < 4.78 is 50.9. The summed E-state index contributed by atoms with van der Waals surface area (Å²) >= 11 is 0. The Balaban J connectivity index is 2.46. The van der Waals surface area contributed by atoms with E-state index in [1.54, 1.807) is 6.92 Å². The third-order valence-corrected chi connectivity index (χ3v) is 2.67. The molecule has 0 unspecified atom stereocenters. The Labute approximate surface area is 112 Å².